The fourth-order valence-electron chi connectivity index (χ4n) is 3.34. The number of methoxy groups -OCH3 is 1. The molecule has 0 aliphatic carbocycles. The number of carbonyl (C=O) groups is 2. The highest BCUT2D eigenvalue weighted by Crippen LogP contribution is 2.32. The van der Waals surface area contributed by atoms with Crippen LogP contribution in [0.3, 0.4) is 0 Å². The van der Waals surface area contributed by atoms with Crippen molar-refractivity contribution in [2.45, 2.75) is 32.7 Å². The lowest BCUT2D eigenvalue weighted by Gasteiger charge is -2.16. The molecule has 28 heavy (non-hydrogen) atoms. The first kappa shape index (κ1) is 20.0. The summed E-state index contributed by atoms with van der Waals surface area (Å²) in [5, 5.41) is 4.27. The van der Waals surface area contributed by atoms with Crippen LogP contribution < -0.4 is 5.32 Å². The minimum atomic E-state index is -0.759. The zero-order valence-corrected chi connectivity index (χ0v) is 16.8. The summed E-state index contributed by atoms with van der Waals surface area (Å²) in [4.78, 5) is 24.8. The van der Waals surface area contributed by atoms with E-state index in [-0.39, 0.29) is 12.3 Å². The molecule has 0 radical (unpaired) electrons. The van der Waals surface area contributed by atoms with Gasteiger partial charge in [0.15, 0.2) is 0 Å². The molecule has 1 atom stereocenters. The van der Waals surface area contributed by atoms with E-state index in [1.54, 1.807) is 6.26 Å². The van der Waals surface area contributed by atoms with E-state index in [9.17, 15) is 9.59 Å². The Bertz CT molecular complexity index is 1010. The smallest absolute Gasteiger partial charge is 0.328 e. The largest absolute Gasteiger partial charge is 0.467 e. The Hall–Kier alpha value is -2.79. The van der Waals surface area contributed by atoms with Gasteiger partial charge in [-0.3, -0.25) is 4.79 Å². The molecular formula is C22H22ClNO4. The van der Waals surface area contributed by atoms with Gasteiger partial charge in [0.2, 0.25) is 5.91 Å². The lowest BCUT2D eigenvalue weighted by molar-refractivity contribution is -0.145. The van der Waals surface area contributed by atoms with Crippen molar-refractivity contribution in [1.29, 1.82) is 0 Å². The van der Waals surface area contributed by atoms with Gasteiger partial charge < -0.3 is 14.5 Å². The lowest BCUT2D eigenvalue weighted by atomic mass is 10.0. The van der Waals surface area contributed by atoms with Crippen molar-refractivity contribution in [3.05, 3.63) is 69.9 Å². The molecule has 3 aromatic rings. The van der Waals surface area contributed by atoms with Crippen molar-refractivity contribution < 1.29 is 18.7 Å². The van der Waals surface area contributed by atoms with Gasteiger partial charge in [-0.25, -0.2) is 4.79 Å². The highest BCUT2D eigenvalue weighted by atomic mass is 35.5. The fourth-order valence-corrected chi connectivity index (χ4v) is 3.49. The standard InChI is InChI=1S/C22H22ClNO4/c1-13-9-18-20(14(2)21(13)23)16(12-28-18)11-19(25)24-17(22(26)27-3)10-15-7-5-4-6-8-15/h4-9,12,17H,10-11H2,1-3H3,(H,24,25)/t17-/m0/s1. The molecule has 0 saturated heterocycles. The van der Waals surface area contributed by atoms with Crippen LogP contribution in [0.2, 0.25) is 5.02 Å². The Morgan fingerprint density at radius 1 is 1.21 bits per heavy atom. The van der Waals surface area contributed by atoms with Crippen molar-refractivity contribution in [3.63, 3.8) is 0 Å². The maximum atomic E-state index is 12.6. The topological polar surface area (TPSA) is 68.5 Å². The predicted octanol–water partition coefficient (Wildman–Crippen LogP) is 4.15. The molecule has 1 N–H and O–H groups in total. The van der Waals surface area contributed by atoms with Gasteiger partial charge in [-0.1, -0.05) is 41.9 Å². The predicted molar refractivity (Wildman–Crippen MR) is 108 cm³/mol. The number of fused-ring (bicyclic) bond motifs is 1. The van der Waals surface area contributed by atoms with E-state index >= 15 is 0 Å². The van der Waals surface area contributed by atoms with Crippen molar-refractivity contribution >= 4 is 34.4 Å². The second kappa shape index (κ2) is 8.48. The highest BCUT2D eigenvalue weighted by Gasteiger charge is 2.23. The highest BCUT2D eigenvalue weighted by molar-refractivity contribution is 6.33. The average molecular weight is 400 g/mol. The van der Waals surface area contributed by atoms with Crippen LogP contribution >= 0.6 is 11.6 Å². The number of hydrogen-bond acceptors (Lipinski definition) is 4. The number of hydrogen-bond donors (Lipinski definition) is 1. The monoisotopic (exact) mass is 399 g/mol. The molecule has 6 heteroatoms. The van der Waals surface area contributed by atoms with Gasteiger partial charge in [0.05, 0.1) is 19.8 Å². The Morgan fingerprint density at radius 2 is 1.93 bits per heavy atom. The molecule has 0 spiro atoms. The first-order valence-electron chi connectivity index (χ1n) is 8.97. The van der Waals surface area contributed by atoms with Crippen LogP contribution in [0.15, 0.2) is 47.1 Å². The number of ether oxygens (including phenoxy) is 1. The summed E-state index contributed by atoms with van der Waals surface area (Å²) in [6.45, 7) is 3.81. The van der Waals surface area contributed by atoms with E-state index in [1.165, 1.54) is 7.11 Å². The Kier molecular flexibility index (Phi) is 6.05. The molecule has 0 fully saturated rings. The number of halogens is 1. The number of benzene rings is 2. The van der Waals surface area contributed by atoms with Crippen LogP contribution in [0.4, 0.5) is 0 Å². The van der Waals surface area contributed by atoms with Crippen LogP contribution in [0, 0.1) is 13.8 Å². The Morgan fingerprint density at radius 3 is 2.61 bits per heavy atom. The summed E-state index contributed by atoms with van der Waals surface area (Å²) in [6.07, 6.45) is 2.00. The van der Waals surface area contributed by atoms with Crippen LogP contribution in [0.5, 0.6) is 0 Å². The van der Waals surface area contributed by atoms with Gasteiger partial charge in [0, 0.05) is 22.4 Å². The maximum absolute atomic E-state index is 12.6. The molecule has 0 aliphatic rings. The number of esters is 1. The number of furan rings is 1. The first-order chi connectivity index (χ1) is 13.4. The normalized spacial score (nSPS) is 12.0. The SMILES string of the molecule is COC(=O)[C@H](Cc1ccccc1)NC(=O)Cc1coc2cc(C)c(Cl)c(C)c12. The molecule has 3 rings (SSSR count). The molecule has 146 valence electrons. The summed E-state index contributed by atoms with van der Waals surface area (Å²) in [5.74, 6) is -0.769. The molecule has 0 bridgehead atoms. The number of nitrogens with one attached hydrogen (secondary N) is 1. The summed E-state index contributed by atoms with van der Waals surface area (Å²) in [6, 6.07) is 10.6. The third-order valence-electron chi connectivity index (χ3n) is 4.75. The van der Waals surface area contributed by atoms with E-state index in [1.807, 2.05) is 50.2 Å². The maximum Gasteiger partial charge on any atom is 0.328 e. The molecule has 0 saturated carbocycles. The van der Waals surface area contributed by atoms with Crippen molar-refractivity contribution in [2.75, 3.05) is 7.11 Å². The van der Waals surface area contributed by atoms with Gasteiger partial charge in [-0.15, -0.1) is 0 Å². The molecule has 1 heterocycles. The zero-order chi connectivity index (χ0) is 20.3. The van der Waals surface area contributed by atoms with Crippen LogP contribution in [0.25, 0.3) is 11.0 Å². The zero-order valence-electron chi connectivity index (χ0n) is 16.0. The van der Waals surface area contributed by atoms with Crippen molar-refractivity contribution in [1.82, 2.24) is 5.32 Å². The Labute approximate surface area is 168 Å². The number of rotatable bonds is 6. The van der Waals surface area contributed by atoms with E-state index < -0.39 is 12.0 Å². The molecule has 5 nitrogen and oxygen atoms in total. The van der Waals surface area contributed by atoms with Gasteiger partial charge in [-0.05, 0) is 36.6 Å². The van der Waals surface area contributed by atoms with Crippen LogP contribution in [0.1, 0.15) is 22.3 Å². The van der Waals surface area contributed by atoms with Crippen molar-refractivity contribution in [3.8, 4) is 0 Å². The Balaban J connectivity index is 1.79. The minimum Gasteiger partial charge on any atom is -0.467 e. The third kappa shape index (κ3) is 4.20. The van der Waals surface area contributed by atoms with E-state index in [0.29, 0.717) is 17.0 Å². The molecule has 0 aliphatic heterocycles. The molecule has 1 aromatic heterocycles. The first-order valence-corrected chi connectivity index (χ1v) is 9.35. The van der Waals surface area contributed by atoms with Gasteiger partial charge in [-0.2, -0.15) is 0 Å². The molecular weight excluding hydrogens is 378 g/mol. The van der Waals surface area contributed by atoms with E-state index in [2.05, 4.69) is 5.32 Å². The minimum absolute atomic E-state index is 0.0789. The van der Waals surface area contributed by atoms with Gasteiger partial charge in [0.25, 0.3) is 0 Å². The van der Waals surface area contributed by atoms with Gasteiger partial charge >= 0.3 is 5.97 Å². The van der Waals surface area contributed by atoms with Gasteiger partial charge in [0.1, 0.15) is 11.6 Å². The van der Waals surface area contributed by atoms with Crippen LogP contribution in [-0.4, -0.2) is 25.0 Å². The van der Waals surface area contributed by atoms with Crippen molar-refractivity contribution in [2.24, 2.45) is 0 Å². The summed E-state index contributed by atoms with van der Waals surface area (Å²) in [7, 11) is 1.31. The lowest BCUT2D eigenvalue weighted by Crippen LogP contribution is -2.43. The number of carbonyl (C=O) groups excluding carboxylic acids is 2. The molecule has 1 amide bonds. The second-order valence-electron chi connectivity index (χ2n) is 6.78. The number of aryl methyl sites for hydroxylation is 2. The summed E-state index contributed by atoms with van der Waals surface area (Å²) >= 11 is 6.35. The molecule has 2 aromatic carbocycles. The average Bonchev–Trinajstić information content (AvgIpc) is 3.08. The summed E-state index contributed by atoms with van der Waals surface area (Å²) < 4.78 is 10.5. The fraction of sp³-hybridized carbons (Fsp3) is 0.273. The molecule has 0 unspecified atom stereocenters. The quantitative estimate of drug-likeness (QED) is 0.632. The van der Waals surface area contributed by atoms with E-state index in [4.69, 9.17) is 20.8 Å². The second-order valence-corrected chi connectivity index (χ2v) is 7.15. The third-order valence-corrected chi connectivity index (χ3v) is 5.33. The van der Waals surface area contributed by atoms with Crippen LogP contribution in [-0.2, 0) is 27.2 Å². The number of amides is 1. The summed E-state index contributed by atoms with van der Waals surface area (Å²) in [5.41, 5.74) is 4.16. The van der Waals surface area contributed by atoms with E-state index in [0.717, 1.165) is 27.6 Å².